The van der Waals surface area contributed by atoms with Crippen LogP contribution < -0.4 is 5.32 Å². The maximum Gasteiger partial charge on any atom is 0.136 e. The Morgan fingerprint density at radius 3 is 2.27 bits per heavy atom. The summed E-state index contributed by atoms with van der Waals surface area (Å²) in [5.74, 6) is 0. The highest BCUT2D eigenvalue weighted by atomic mass is 16.3. The number of hydrogen-bond acceptors (Lipinski definition) is 2. The summed E-state index contributed by atoms with van der Waals surface area (Å²) >= 11 is 0. The summed E-state index contributed by atoms with van der Waals surface area (Å²) in [6, 6.07) is 37.9. The van der Waals surface area contributed by atoms with E-state index in [1.165, 1.54) is 27.3 Å². The minimum absolute atomic E-state index is 0.922. The summed E-state index contributed by atoms with van der Waals surface area (Å²) in [5, 5.41) is 8.36. The van der Waals surface area contributed by atoms with Gasteiger partial charge in [0.1, 0.15) is 11.2 Å². The topological polar surface area (TPSA) is 25.2 Å². The Hall–Kier alpha value is -4.04. The van der Waals surface area contributed by atoms with Crippen molar-refractivity contribution in [2.75, 3.05) is 5.32 Å². The summed E-state index contributed by atoms with van der Waals surface area (Å²) in [4.78, 5) is 0. The molecule has 6 rings (SSSR count). The summed E-state index contributed by atoms with van der Waals surface area (Å²) in [6.07, 6.45) is 0. The lowest BCUT2D eigenvalue weighted by Crippen LogP contribution is -1.93. The van der Waals surface area contributed by atoms with Crippen LogP contribution in [0.4, 0.5) is 11.4 Å². The predicted octanol–water partition coefficient (Wildman–Crippen LogP) is 8.15. The summed E-state index contributed by atoms with van der Waals surface area (Å²) in [7, 11) is 0. The van der Waals surface area contributed by atoms with Crippen LogP contribution in [0.2, 0.25) is 0 Å². The van der Waals surface area contributed by atoms with Crippen molar-refractivity contribution in [3.8, 4) is 11.1 Å². The van der Waals surface area contributed by atoms with Gasteiger partial charge in [-0.3, -0.25) is 0 Å². The Balaban J connectivity index is 1.51. The van der Waals surface area contributed by atoms with E-state index in [0.717, 1.165) is 27.9 Å². The van der Waals surface area contributed by atoms with Gasteiger partial charge in [0, 0.05) is 27.7 Å². The van der Waals surface area contributed by atoms with Gasteiger partial charge in [-0.25, -0.2) is 0 Å². The molecule has 2 nitrogen and oxygen atoms in total. The molecule has 30 heavy (non-hydrogen) atoms. The largest absolute Gasteiger partial charge is 0.456 e. The number of furan rings is 1. The Bertz CT molecular complexity index is 1510. The van der Waals surface area contributed by atoms with E-state index >= 15 is 0 Å². The molecule has 5 aromatic carbocycles. The van der Waals surface area contributed by atoms with Gasteiger partial charge >= 0.3 is 0 Å². The predicted molar refractivity (Wildman–Crippen MR) is 126 cm³/mol. The normalized spacial score (nSPS) is 11.3. The molecule has 6 aromatic rings. The third kappa shape index (κ3) is 2.73. The molecule has 0 saturated carbocycles. The first kappa shape index (κ1) is 16.9. The molecule has 0 aliphatic carbocycles. The van der Waals surface area contributed by atoms with Gasteiger partial charge in [0.2, 0.25) is 0 Å². The molecule has 0 aliphatic rings. The molecule has 0 bridgehead atoms. The van der Waals surface area contributed by atoms with Crippen LogP contribution in [-0.4, -0.2) is 0 Å². The minimum Gasteiger partial charge on any atom is -0.456 e. The second-order valence-electron chi connectivity index (χ2n) is 7.51. The molecule has 0 spiro atoms. The average Bonchev–Trinajstić information content (AvgIpc) is 3.19. The van der Waals surface area contributed by atoms with Crippen molar-refractivity contribution in [2.45, 2.75) is 0 Å². The number of benzene rings is 5. The quantitative estimate of drug-likeness (QED) is 0.332. The van der Waals surface area contributed by atoms with E-state index in [4.69, 9.17) is 4.42 Å². The highest BCUT2D eigenvalue weighted by molar-refractivity contribution is 6.19. The SMILES string of the molecule is c1ccc(-c2ccccc2Nc2ccc3ccc4oc5ccccc5c4c3c2)cc1. The fourth-order valence-electron chi connectivity index (χ4n) is 4.24. The molecular weight excluding hydrogens is 366 g/mol. The van der Waals surface area contributed by atoms with Crippen molar-refractivity contribution in [1.82, 2.24) is 0 Å². The zero-order valence-corrected chi connectivity index (χ0v) is 16.3. The van der Waals surface area contributed by atoms with Crippen LogP contribution in [0.1, 0.15) is 0 Å². The lowest BCUT2D eigenvalue weighted by molar-refractivity contribution is 0.669. The Morgan fingerprint density at radius 1 is 0.567 bits per heavy atom. The molecule has 0 unspecified atom stereocenters. The molecule has 0 amide bonds. The molecule has 1 heterocycles. The standard InChI is InChI=1S/C28H19NO/c1-2-8-19(9-3-1)22-10-4-6-12-25(22)29-21-16-14-20-15-17-27-28(24(20)18-21)23-11-5-7-13-26(23)30-27/h1-18,29H. The van der Waals surface area contributed by atoms with Gasteiger partial charge in [-0.1, -0.05) is 78.9 Å². The molecule has 0 fully saturated rings. The average molecular weight is 385 g/mol. The number of rotatable bonds is 3. The third-order valence-corrected chi connectivity index (χ3v) is 5.65. The van der Waals surface area contributed by atoms with Gasteiger partial charge in [0.15, 0.2) is 0 Å². The molecule has 0 atom stereocenters. The van der Waals surface area contributed by atoms with Crippen LogP contribution in [-0.2, 0) is 0 Å². The van der Waals surface area contributed by atoms with Gasteiger partial charge in [0.05, 0.1) is 0 Å². The molecule has 2 heteroatoms. The first-order valence-corrected chi connectivity index (χ1v) is 10.1. The number of fused-ring (bicyclic) bond motifs is 5. The Morgan fingerprint density at radius 2 is 1.33 bits per heavy atom. The molecule has 0 aliphatic heterocycles. The van der Waals surface area contributed by atoms with Crippen molar-refractivity contribution in [3.63, 3.8) is 0 Å². The highest BCUT2D eigenvalue weighted by Gasteiger charge is 2.11. The van der Waals surface area contributed by atoms with Gasteiger partial charge < -0.3 is 9.73 Å². The van der Waals surface area contributed by atoms with E-state index in [-0.39, 0.29) is 0 Å². The fourth-order valence-corrected chi connectivity index (χ4v) is 4.24. The monoisotopic (exact) mass is 385 g/mol. The van der Waals surface area contributed by atoms with Crippen molar-refractivity contribution >= 4 is 44.1 Å². The van der Waals surface area contributed by atoms with E-state index in [1.807, 2.05) is 18.2 Å². The van der Waals surface area contributed by atoms with Gasteiger partial charge in [-0.15, -0.1) is 0 Å². The minimum atomic E-state index is 0.922. The molecule has 1 aromatic heterocycles. The summed E-state index contributed by atoms with van der Waals surface area (Å²) in [5.41, 5.74) is 6.38. The number of nitrogens with one attached hydrogen (secondary N) is 1. The second kappa shape index (κ2) is 6.78. The van der Waals surface area contributed by atoms with E-state index in [0.29, 0.717) is 0 Å². The van der Waals surface area contributed by atoms with E-state index in [9.17, 15) is 0 Å². The number of hydrogen-bond donors (Lipinski definition) is 1. The van der Waals surface area contributed by atoms with E-state index < -0.39 is 0 Å². The van der Waals surface area contributed by atoms with Crippen LogP contribution in [0, 0.1) is 0 Å². The Labute approximate surface area is 174 Å². The third-order valence-electron chi connectivity index (χ3n) is 5.65. The van der Waals surface area contributed by atoms with Gasteiger partial charge in [0.25, 0.3) is 0 Å². The number of anilines is 2. The fraction of sp³-hybridized carbons (Fsp3) is 0. The van der Waals surface area contributed by atoms with E-state index in [1.54, 1.807) is 0 Å². The summed E-state index contributed by atoms with van der Waals surface area (Å²) in [6.45, 7) is 0. The molecule has 0 radical (unpaired) electrons. The van der Waals surface area contributed by atoms with Crippen molar-refractivity contribution < 1.29 is 4.42 Å². The van der Waals surface area contributed by atoms with Crippen LogP contribution >= 0.6 is 0 Å². The van der Waals surface area contributed by atoms with Crippen molar-refractivity contribution in [1.29, 1.82) is 0 Å². The van der Waals surface area contributed by atoms with Crippen molar-refractivity contribution in [3.05, 3.63) is 109 Å². The van der Waals surface area contributed by atoms with Crippen LogP contribution in [0.25, 0.3) is 43.8 Å². The van der Waals surface area contributed by atoms with Crippen LogP contribution in [0.5, 0.6) is 0 Å². The second-order valence-corrected chi connectivity index (χ2v) is 7.51. The lowest BCUT2D eigenvalue weighted by atomic mass is 10.0. The molecule has 142 valence electrons. The smallest absolute Gasteiger partial charge is 0.136 e. The summed E-state index contributed by atoms with van der Waals surface area (Å²) < 4.78 is 6.08. The van der Waals surface area contributed by atoms with Crippen LogP contribution in [0.3, 0.4) is 0 Å². The maximum absolute atomic E-state index is 6.08. The van der Waals surface area contributed by atoms with Crippen molar-refractivity contribution in [2.24, 2.45) is 0 Å². The molecule has 1 N–H and O–H groups in total. The first-order chi connectivity index (χ1) is 14.9. The highest BCUT2D eigenvalue weighted by Crippen LogP contribution is 2.37. The van der Waals surface area contributed by atoms with E-state index in [2.05, 4.69) is 96.3 Å². The Kier molecular flexibility index (Phi) is 3.82. The van der Waals surface area contributed by atoms with Crippen LogP contribution in [0.15, 0.2) is 114 Å². The van der Waals surface area contributed by atoms with Gasteiger partial charge in [-0.05, 0) is 46.7 Å². The lowest BCUT2D eigenvalue weighted by Gasteiger charge is -2.13. The zero-order chi connectivity index (χ0) is 19.9. The first-order valence-electron chi connectivity index (χ1n) is 10.1. The molecule has 0 saturated heterocycles. The zero-order valence-electron chi connectivity index (χ0n) is 16.3. The molecular formula is C28H19NO. The number of para-hydroxylation sites is 2. The maximum atomic E-state index is 6.08. The van der Waals surface area contributed by atoms with Gasteiger partial charge in [-0.2, -0.15) is 0 Å².